The van der Waals surface area contributed by atoms with Crippen LogP contribution in [0.2, 0.25) is 0 Å². The number of hydrogen-bond donors (Lipinski definition) is 6. The van der Waals surface area contributed by atoms with Gasteiger partial charge in [-0.2, -0.15) is 0 Å². The van der Waals surface area contributed by atoms with Crippen LogP contribution in [0, 0.1) is 0 Å². The average molecular weight is 619 g/mol. The molecule has 1 aromatic carbocycles. The molecule has 0 amide bonds. The van der Waals surface area contributed by atoms with Gasteiger partial charge in [0.1, 0.15) is 12.4 Å². The Morgan fingerprint density at radius 3 is 2.44 bits per heavy atom. The number of aliphatic imine (C=N–C) groups is 1. The van der Waals surface area contributed by atoms with Crippen LogP contribution in [-0.2, 0) is 4.79 Å². The summed E-state index contributed by atoms with van der Waals surface area (Å²) < 4.78 is 5.86. The van der Waals surface area contributed by atoms with Crippen LogP contribution in [-0.4, -0.2) is 55.9 Å². The number of benzene rings is 1. The van der Waals surface area contributed by atoms with Crippen LogP contribution in [0.25, 0.3) is 5.57 Å². The number of hydrogen-bond acceptors (Lipinski definition) is 6. The van der Waals surface area contributed by atoms with Crippen LogP contribution in [0.5, 0.6) is 5.75 Å². The molecule has 9 nitrogen and oxygen atoms in total. The van der Waals surface area contributed by atoms with Crippen LogP contribution < -0.4 is 32.2 Å². The van der Waals surface area contributed by atoms with Crippen molar-refractivity contribution in [3.63, 3.8) is 0 Å². The fourth-order valence-corrected chi connectivity index (χ4v) is 4.46. The second-order valence-electron chi connectivity index (χ2n) is 10.7. The summed E-state index contributed by atoms with van der Waals surface area (Å²) in [6.07, 6.45) is 21.2. The molecule has 0 saturated carbocycles. The van der Waals surface area contributed by atoms with Crippen molar-refractivity contribution in [2.75, 3.05) is 26.2 Å². The second-order valence-corrected chi connectivity index (χ2v) is 10.7. The van der Waals surface area contributed by atoms with Gasteiger partial charge in [-0.1, -0.05) is 79.5 Å². The monoisotopic (exact) mass is 618 g/mol. The minimum atomic E-state index is -0.250. The lowest BCUT2D eigenvalue weighted by molar-refractivity contribution is -0.122. The predicted molar refractivity (Wildman–Crippen MR) is 190 cm³/mol. The molecule has 0 bridgehead atoms. The Hall–Kier alpha value is -4.50. The topological polar surface area (TPSA) is 147 Å². The van der Waals surface area contributed by atoms with E-state index in [0.29, 0.717) is 6.61 Å². The highest BCUT2D eigenvalue weighted by atomic mass is 16.5. The maximum Gasteiger partial charge on any atom is 0.290 e. The van der Waals surface area contributed by atoms with Gasteiger partial charge in [0.25, 0.3) is 6.47 Å². The molecule has 8 N–H and O–H groups in total. The Morgan fingerprint density at radius 1 is 1.13 bits per heavy atom. The standard InChI is InChI=1S/C27H39N3O.C8H13N3.CH2O2/c1-5-28-18-10-9-13-27(30-21-24-11-7-6-8-12-24)23(4)29-19-20-31-26-16-14-25(15-17-26)22(2)3;1-6-2-4-7(5-3-6)11-8(9)10;2-1-3/h5,7,11-12,14-17,27-30H,1-2,4,6,8-10,13,18-21H2,3H3;2-4,7H,5H2,1H3,(H4,9,10,11);1H,(H,2,3). The molecule has 2 aliphatic carbocycles. The van der Waals surface area contributed by atoms with Crippen LogP contribution >= 0.6 is 0 Å². The maximum atomic E-state index is 8.36. The molecule has 0 spiro atoms. The average Bonchev–Trinajstić information content (AvgIpc) is 3.03. The summed E-state index contributed by atoms with van der Waals surface area (Å²) >= 11 is 0. The highest BCUT2D eigenvalue weighted by Gasteiger charge is 2.13. The first-order chi connectivity index (χ1) is 21.7. The number of nitrogens with two attached hydrogens (primary N) is 2. The molecule has 0 aromatic heterocycles. The lowest BCUT2D eigenvalue weighted by Crippen LogP contribution is -2.38. The third-order valence-electron chi connectivity index (χ3n) is 6.90. The molecule has 0 heterocycles. The summed E-state index contributed by atoms with van der Waals surface area (Å²) in [5.74, 6) is 1.03. The Kier molecular flexibility index (Phi) is 20.5. The third kappa shape index (κ3) is 18.7. The fraction of sp³-hybridized carbons (Fsp3) is 0.389. The number of carbonyl (C=O) groups is 1. The van der Waals surface area contributed by atoms with Crippen LogP contribution in [0.3, 0.4) is 0 Å². The quantitative estimate of drug-likeness (QED) is 0.0575. The molecule has 0 saturated heterocycles. The first-order valence-corrected chi connectivity index (χ1v) is 15.5. The van der Waals surface area contributed by atoms with Crippen LogP contribution in [0.1, 0.15) is 57.9 Å². The molecule has 1 aromatic rings. The number of carboxylic acid groups (broad SMARTS) is 1. The van der Waals surface area contributed by atoms with E-state index in [-0.39, 0.29) is 24.5 Å². The molecule has 3 rings (SSSR count). The number of nitrogens with zero attached hydrogens (tertiary/aromatic N) is 1. The summed E-state index contributed by atoms with van der Waals surface area (Å²) in [6, 6.07) is 8.44. The molecule has 45 heavy (non-hydrogen) atoms. The van der Waals surface area contributed by atoms with E-state index in [1.54, 1.807) is 6.20 Å². The fourth-order valence-electron chi connectivity index (χ4n) is 4.46. The lowest BCUT2D eigenvalue weighted by atomic mass is 10.0. The van der Waals surface area contributed by atoms with E-state index in [1.807, 2.05) is 43.3 Å². The Bertz CT molecular complexity index is 1190. The minimum absolute atomic E-state index is 0.142. The van der Waals surface area contributed by atoms with Crippen molar-refractivity contribution in [2.24, 2.45) is 16.5 Å². The molecule has 0 aliphatic heterocycles. The third-order valence-corrected chi connectivity index (χ3v) is 6.90. The zero-order valence-electron chi connectivity index (χ0n) is 27.1. The normalized spacial score (nSPS) is 15.3. The van der Waals surface area contributed by atoms with E-state index in [9.17, 15) is 0 Å². The molecular weight excluding hydrogens is 564 g/mol. The van der Waals surface area contributed by atoms with Gasteiger partial charge in [-0.25, -0.2) is 4.99 Å². The number of allylic oxidation sites excluding steroid dienone is 5. The Labute approximate surface area is 270 Å². The smallest absolute Gasteiger partial charge is 0.290 e. The molecule has 2 unspecified atom stereocenters. The number of guanidine groups is 1. The highest BCUT2D eigenvalue weighted by Crippen LogP contribution is 2.17. The predicted octanol–water partition coefficient (Wildman–Crippen LogP) is 5.58. The van der Waals surface area contributed by atoms with Gasteiger partial charge < -0.3 is 37.3 Å². The molecular formula is C36H54N6O3. The van der Waals surface area contributed by atoms with Gasteiger partial charge in [0, 0.05) is 31.4 Å². The maximum absolute atomic E-state index is 8.36. The number of unbranched alkanes of at least 4 members (excludes halogenated alkanes) is 1. The zero-order valence-corrected chi connectivity index (χ0v) is 27.1. The van der Waals surface area contributed by atoms with Crippen LogP contribution in [0.15, 0.2) is 108 Å². The lowest BCUT2D eigenvalue weighted by Gasteiger charge is -2.23. The SMILES string of the molecule is C=CNCCCCC(NCC1=CCCC=C1)C(=C)NCCOc1ccc(C(=C)C)cc1.CC1=CCC(N=C(N)N)C=C1.O=CO. The molecule has 0 radical (unpaired) electrons. The summed E-state index contributed by atoms with van der Waals surface area (Å²) in [5, 5.41) is 17.2. The highest BCUT2D eigenvalue weighted by molar-refractivity contribution is 5.76. The van der Waals surface area contributed by atoms with Gasteiger partial charge in [-0.15, -0.1) is 0 Å². The van der Waals surface area contributed by atoms with Crippen molar-refractivity contribution < 1.29 is 14.6 Å². The largest absolute Gasteiger partial charge is 0.492 e. The van der Waals surface area contributed by atoms with E-state index in [1.165, 1.54) is 11.1 Å². The van der Waals surface area contributed by atoms with E-state index in [0.717, 1.165) is 80.7 Å². The van der Waals surface area contributed by atoms with Crippen molar-refractivity contribution in [1.82, 2.24) is 16.0 Å². The van der Waals surface area contributed by atoms with Crippen molar-refractivity contribution in [3.05, 3.63) is 109 Å². The summed E-state index contributed by atoms with van der Waals surface area (Å²) in [4.78, 5) is 12.4. The number of rotatable bonds is 17. The van der Waals surface area contributed by atoms with E-state index < -0.39 is 0 Å². The van der Waals surface area contributed by atoms with Gasteiger partial charge in [-0.05, 0) is 81.8 Å². The molecule has 9 heteroatoms. The molecule has 0 fully saturated rings. The van der Waals surface area contributed by atoms with Crippen molar-refractivity contribution >= 4 is 18.0 Å². The zero-order chi connectivity index (χ0) is 33.3. The molecule has 246 valence electrons. The first-order valence-electron chi connectivity index (χ1n) is 15.5. The second kappa shape index (κ2) is 23.9. The van der Waals surface area contributed by atoms with Gasteiger partial charge in [0.15, 0.2) is 5.96 Å². The Morgan fingerprint density at radius 2 is 1.87 bits per heavy atom. The summed E-state index contributed by atoms with van der Waals surface area (Å²) in [6.45, 7) is 18.9. The van der Waals surface area contributed by atoms with E-state index in [4.69, 9.17) is 26.1 Å². The van der Waals surface area contributed by atoms with Crippen molar-refractivity contribution in [3.8, 4) is 5.75 Å². The molecule has 2 atom stereocenters. The number of nitrogens with one attached hydrogen (secondary N) is 3. The van der Waals surface area contributed by atoms with E-state index >= 15 is 0 Å². The van der Waals surface area contributed by atoms with Crippen molar-refractivity contribution in [2.45, 2.75) is 64.5 Å². The van der Waals surface area contributed by atoms with Gasteiger partial charge in [0.2, 0.25) is 0 Å². The van der Waals surface area contributed by atoms with Crippen molar-refractivity contribution in [1.29, 1.82) is 0 Å². The van der Waals surface area contributed by atoms with Gasteiger partial charge in [0.05, 0.1) is 6.04 Å². The minimum Gasteiger partial charge on any atom is -0.492 e. The number of ether oxygens (including phenoxy) is 1. The Balaban J connectivity index is 0.000000598. The van der Waals surface area contributed by atoms with Gasteiger partial charge >= 0.3 is 0 Å². The van der Waals surface area contributed by atoms with E-state index in [2.05, 4.69) is 71.9 Å². The van der Waals surface area contributed by atoms with Crippen LogP contribution in [0.4, 0.5) is 0 Å². The first kappa shape index (κ1) is 38.5. The molecule has 2 aliphatic rings. The summed E-state index contributed by atoms with van der Waals surface area (Å²) in [5.41, 5.74) is 16.3. The summed E-state index contributed by atoms with van der Waals surface area (Å²) in [7, 11) is 0. The van der Waals surface area contributed by atoms with Gasteiger partial charge in [-0.3, -0.25) is 4.79 Å².